The number of nitrogens with one attached hydrogen (secondary N) is 2. The zero-order chi connectivity index (χ0) is 27.1. The van der Waals surface area contributed by atoms with Crippen molar-refractivity contribution in [2.45, 2.75) is 19.4 Å². The van der Waals surface area contributed by atoms with E-state index in [2.05, 4.69) is 20.4 Å². The largest absolute Gasteiger partial charge is 0.462 e. The minimum absolute atomic E-state index is 0.167. The molecule has 1 atom stereocenters. The van der Waals surface area contributed by atoms with Crippen LogP contribution in [0.4, 0.5) is 11.4 Å². The van der Waals surface area contributed by atoms with Crippen molar-refractivity contribution < 1.29 is 23.9 Å². The molecule has 0 radical (unpaired) electrons. The number of anilines is 2. The Kier molecular flexibility index (Phi) is 9.19. The monoisotopic (exact) mass is 541 g/mol. The minimum atomic E-state index is -0.886. The van der Waals surface area contributed by atoms with Gasteiger partial charge in [0.1, 0.15) is 6.04 Å². The zero-order valence-corrected chi connectivity index (χ0v) is 22.1. The van der Waals surface area contributed by atoms with E-state index in [9.17, 15) is 19.2 Å². The second-order valence-electron chi connectivity index (χ2n) is 9.19. The van der Waals surface area contributed by atoms with Crippen LogP contribution >= 0.6 is 11.6 Å². The smallest absolute Gasteiger partial charge is 0.338 e. The van der Waals surface area contributed by atoms with Crippen LogP contribution in [0.5, 0.6) is 0 Å². The predicted molar refractivity (Wildman–Crippen MR) is 144 cm³/mol. The Bertz CT molecular complexity index is 1170. The Balaban J connectivity index is 1.31. The number of halogens is 1. The van der Waals surface area contributed by atoms with Crippen LogP contribution < -0.4 is 15.5 Å². The van der Waals surface area contributed by atoms with Gasteiger partial charge in [-0.3, -0.25) is 19.3 Å². The molecular weight excluding hydrogens is 510 g/mol. The highest BCUT2D eigenvalue weighted by Gasteiger charge is 2.35. The van der Waals surface area contributed by atoms with Crippen LogP contribution in [0.2, 0.25) is 5.02 Å². The summed E-state index contributed by atoms with van der Waals surface area (Å²) in [4.78, 5) is 56.2. The normalized spacial score (nSPS) is 18.1. The van der Waals surface area contributed by atoms with E-state index in [0.717, 1.165) is 18.8 Å². The van der Waals surface area contributed by atoms with E-state index in [1.165, 1.54) is 4.90 Å². The Hall–Kier alpha value is -3.63. The summed E-state index contributed by atoms with van der Waals surface area (Å²) in [5, 5.41) is 6.18. The molecule has 2 aliphatic rings. The van der Waals surface area contributed by atoms with E-state index in [1.807, 2.05) is 24.3 Å². The molecule has 0 bridgehead atoms. The van der Waals surface area contributed by atoms with Crippen LogP contribution in [0.3, 0.4) is 0 Å². The van der Waals surface area contributed by atoms with Gasteiger partial charge in [0, 0.05) is 55.7 Å². The van der Waals surface area contributed by atoms with Crippen LogP contribution in [-0.2, 0) is 19.1 Å². The van der Waals surface area contributed by atoms with Gasteiger partial charge in [-0.1, -0.05) is 17.7 Å². The first-order valence-electron chi connectivity index (χ1n) is 12.7. The first-order valence-corrected chi connectivity index (χ1v) is 13.1. The lowest BCUT2D eigenvalue weighted by atomic mass is 10.1. The lowest BCUT2D eigenvalue weighted by molar-refractivity contribution is -0.145. The highest BCUT2D eigenvalue weighted by atomic mass is 35.5. The number of piperazine rings is 2. The summed E-state index contributed by atoms with van der Waals surface area (Å²) in [5.41, 5.74) is 1.91. The number of rotatable bonds is 8. The van der Waals surface area contributed by atoms with Crippen molar-refractivity contribution in [1.29, 1.82) is 0 Å². The Morgan fingerprint density at radius 3 is 2.47 bits per heavy atom. The molecule has 4 rings (SSSR count). The van der Waals surface area contributed by atoms with Gasteiger partial charge in [0.05, 0.1) is 25.1 Å². The summed E-state index contributed by atoms with van der Waals surface area (Å²) in [6.07, 6.45) is -0.167. The maximum absolute atomic E-state index is 13.2. The fraction of sp³-hybridized carbons (Fsp3) is 0.407. The number of carbonyl (C=O) groups is 4. The molecule has 0 saturated carbocycles. The standard InChI is InChI=1S/C27H32ClN5O5/c1-2-38-27(37)19-6-8-21(9-7-19)30-24(34)17-23-26(36)29-10-11-33(23)25(35)18-31-12-14-32(15-13-31)22-5-3-4-20(28)16-22/h3-9,16,23H,2,10-15,17-18H2,1H3,(H,29,36)(H,30,34)/t23-/m1/s1. The van der Waals surface area contributed by atoms with Gasteiger partial charge in [-0.05, 0) is 49.4 Å². The van der Waals surface area contributed by atoms with Crippen molar-refractivity contribution >= 4 is 46.7 Å². The fourth-order valence-corrected chi connectivity index (χ4v) is 4.81. The SMILES string of the molecule is CCOC(=O)c1ccc(NC(=O)C[C@@H]2C(=O)NCCN2C(=O)CN2CCN(c3cccc(Cl)c3)CC2)cc1. The summed E-state index contributed by atoms with van der Waals surface area (Å²) in [5.74, 6) is -1.36. The number of hydrogen-bond donors (Lipinski definition) is 2. The molecule has 2 N–H and O–H groups in total. The Morgan fingerprint density at radius 2 is 1.79 bits per heavy atom. The van der Waals surface area contributed by atoms with Crippen molar-refractivity contribution in [1.82, 2.24) is 15.1 Å². The molecule has 38 heavy (non-hydrogen) atoms. The first kappa shape index (κ1) is 27.4. The van der Waals surface area contributed by atoms with Crippen molar-refractivity contribution in [3.05, 3.63) is 59.1 Å². The molecule has 10 nitrogen and oxygen atoms in total. The van der Waals surface area contributed by atoms with E-state index in [4.69, 9.17) is 16.3 Å². The highest BCUT2D eigenvalue weighted by molar-refractivity contribution is 6.30. The molecule has 2 heterocycles. The van der Waals surface area contributed by atoms with E-state index < -0.39 is 17.9 Å². The van der Waals surface area contributed by atoms with Gasteiger partial charge in [-0.2, -0.15) is 0 Å². The number of esters is 1. The topological polar surface area (TPSA) is 111 Å². The van der Waals surface area contributed by atoms with Gasteiger partial charge in [-0.15, -0.1) is 0 Å². The summed E-state index contributed by atoms with van der Waals surface area (Å²) >= 11 is 6.12. The second kappa shape index (κ2) is 12.7. The molecule has 11 heteroatoms. The molecule has 0 unspecified atom stereocenters. The summed E-state index contributed by atoms with van der Waals surface area (Å²) in [6.45, 7) is 5.80. The number of carbonyl (C=O) groups excluding carboxylic acids is 4. The number of nitrogens with zero attached hydrogens (tertiary/aromatic N) is 3. The van der Waals surface area contributed by atoms with E-state index in [1.54, 1.807) is 31.2 Å². The van der Waals surface area contributed by atoms with Gasteiger partial charge in [0.2, 0.25) is 17.7 Å². The Morgan fingerprint density at radius 1 is 1.05 bits per heavy atom. The lowest BCUT2D eigenvalue weighted by Crippen LogP contribution is -2.60. The van der Waals surface area contributed by atoms with Gasteiger partial charge in [0.15, 0.2) is 0 Å². The summed E-state index contributed by atoms with van der Waals surface area (Å²) < 4.78 is 4.96. The van der Waals surface area contributed by atoms with Crippen LogP contribution in [0.25, 0.3) is 0 Å². The number of hydrogen-bond acceptors (Lipinski definition) is 7. The number of amides is 3. The van der Waals surface area contributed by atoms with E-state index in [-0.39, 0.29) is 31.4 Å². The molecule has 2 saturated heterocycles. The van der Waals surface area contributed by atoms with Crippen molar-refractivity contribution in [2.24, 2.45) is 0 Å². The first-order chi connectivity index (χ1) is 18.3. The van der Waals surface area contributed by atoms with Crippen LogP contribution in [0, 0.1) is 0 Å². The average Bonchev–Trinajstić information content (AvgIpc) is 2.91. The third-order valence-corrected chi connectivity index (χ3v) is 6.85. The fourth-order valence-electron chi connectivity index (χ4n) is 4.63. The average molecular weight is 542 g/mol. The quantitative estimate of drug-likeness (QED) is 0.492. The van der Waals surface area contributed by atoms with Crippen molar-refractivity contribution in [2.75, 3.05) is 62.6 Å². The molecule has 0 aliphatic carbocycles. The van der Waals surface area contributed by atoms with Crippen molar-refractivity contribution in [3.63, 3.8) is 0 Å². The van der Waals surface area contributed by atoms with Crippen LogP contribution in [0.15, 0.2) is 48.5 Å². The molecule has 2 aromatic rings. The van der Waals surface area contributed by atoms with Gasteiger partial charge >= 0.3 is 5.97 Å². The van der Waals surface area contributed by atoms with Crippen LogP contribution in [-0.4, -0.2) is 92.0 Å². The number of ether oxygens (including phenoxy) is 1. The molecule has 2 aliphatic heterocycles. The van der Waals surface area contributed by atoms with E-state index >= 15 is 0 Å². The molecule has 2 aromatic carbocycles. The summed E-state index contributed by atoms with van der Waals surface area (Å²) in [6, 6.07) is 13.1. The molecule has 0 aromatic heterocycles. The third-order valence-electron chi connectivity index (χ3n) is 6.61. The van der Waals surface area contributed by atoms with Crippen LogP contribution in [0.1, 0.15) is 23.7 Å². The second-order valence-corrected chi connectivity index (χ2v) is 9.62. The molecular formula is C27H32ClN5O5. The van der Waals surface area contributed by atoms with E-state index in [0.29, 0.717) is 42.5 Å². The molecule has 0 spiro atoms. The molecule has 3 amide bonds. The van der Waals surface area contributed by atoms with Gasteiger partial charge in [0.25, 0.3) is 0 Å². The van der Waals surface area contributed by atoms with Gasteiger partial charge < -0.3 is 25.2 Å². The highest BCUT2D eigenvalue weighted by Crippen LogP contribution is 2.21. The predicted octanol–water partition coefficient (Wildman–Crippen LogP) is 1.99. The summed E-state index contributed by atoms with van der Waals surface area (Å²) in [7, 11) is 0. The minimum Gasteiger partial charge on any atom is -0.462 e. The lowest BCUT2D eigenvalue weighted by Gasteiger charge is -2.39. The zero-order valence-electron chi connectivity index (χ0n) is 21.3. The van der Waals surface area contributed by atoms with Gasteiger partial charge in [-0.25, -0.2) is 4.79 Å². The maximum Gasteiger partial charge on any atom is 0.338 e. The third kappa shape index (κ3) is 7.02. The van der Waals surface area contributed by atoms with Crippen molar-refractivity contribution in [3.8, 4) is 0 Å². The molecule has 2 fully saturated rings. The maximum atomic E-state index is 13.2. The number of benzene rings is 2. The molecule has 202 valence electrons. The Labute approximate surface area is 226 Å².